The van der Waals surface area contributed by atoms with E-state index in [1.807, 2.05) is 0 Å². The topological polar surface area (TPSA) is 437 Å². The van der Waals surface area contributed by atoms with Crippen molar-refractivity contribution >= 4 is 29.8 Å². The molecule has 3 aromatic rings. The number of hydrogen-bond acceptors (Lipinski definition) is 29. The molecule has 84 heavy (non-hydrogen) atoms. The van der Waals surface area contributed by atoms with Gasteiger partial charge in [-0.25, -0.2) is 9.59 Å². The molecule has 3 aromatic carbocycles. The molecule has 0 amide bonds. The van der Waals surface area contributed by atoms with Crippen molar-refractivity contribution in [3.63, 3.8) is 0 Å². The zero-order valence-electron chi connectivity index (χ0n) is 44.8. The Morgan fingerprint density at radius 2 is 1.04 bits per heavy atom. The van der Waals surface area contributed by atoms with Crippen molar-refractivity contribution in [2.24, 2.45) is 0 Å². The number of carbonyl (C=O) groups excluding carboxylic acids is 2. The highest BCUT2D eigenvalue weighted by molar-refractivity contribution is 5.88. The van der Waals surface area contributed by atoms with Crippen LogP contribution >= 0.6 is 0 Å². The molecule has 0 bridgehead atoms. The lowest BCUT2D eigenvalue weighted by atomic mass is 9.95. The van der Waals surface area contributed by atoms with Gasteiger partial charge in [-0.2, -0.15) is 0 Å². The van der Waals surface area contributed by atoms with Crippen molar-refractivity contribution in [1.29, 1.82) is 0 Å². The average Bonchev–Trinajstić information content (AvgIpc) is 2.63. The van der Waals surface area contributed by atoms with Gasteiger partial charge in [0.1, 0.15) is 98.0 Å². The highest BCUT2D eigenvalue weighted by Gasteiger charge is 2.53. The van der Waals surface area contributed by atoms with E-state index in [0.717, 1.165) is 30.4 Å². The molecular formula is C55H62O29. The predicted octanol–water partition coefficient (Wildman–Crippen LogP) is -1.14. The number of esters is 2. The third kappa shape index (κ3) is 13.5. The summed E-state index contributed by atoms with van der Waals surface area (Å²) >= 11 is 0. The van der Waals surface area contributed by atoms with Gasteiger partial charge in [-0.05, 0) is 71.8 Å². The second-order valence-corrected chi connectivity index (χ2v) is 19.2. The maximum absolute atomic E-state index is 13.2. The fourth-order valence-electron chi connectivity index (χ4n) is 9.15. The number of ether oxygens (including phenoxy) is 13. The fourth-order valence-corrected chi connectivity index (χ4v) is 9.15. The van der Waals surface area contributed by atoms with Gasteiger partial charge in [-0.3, -0.25) is 0 Å². The van der Waals surface area contributed by atoms with E-state index in [-0.39, 0.29) is 57.2 Å². The van der Waals surface area contributed by atoms with E-state index in [1.54, 1.807) is 0 Å². The van der Waals surface area contributed by atoms with Gasteiger partial charge in [0.05, 0.1) is 35.0 Å². The summed E-state index contributed by atoms with van der Waals surface area (Å²) in [5, 5.41) is 151. The lowest BCUT2D eigenvalue weighted by Crippen LogP contribution is -2.64. The summed E-state index contributed by atoms with van der Waals surface area (Å²) < 4.78 is 73.6. The van der Waals surface area contributed by atoms with Crippen molar-refractivity contribution in [3.05, 3.63) is 112 Å². The number of hydrogen-bond donors (Lipinski definition) is 14. The van der Waals surface area contributed by atoms with Gasteiger partial charge in [0.15, 0.2) is 58.4 Å². The van der Waals surface area contributed by atoms with Gasteiger partial charge in [-0.1, -0.05) is 0 Å². The number of phenolic OH excluding ortho intramolecular Hbond substituents is 4. The van der Waals surface area contributed by atoms with Crippen molar-refractivity contribution in [3.8, 4) is 46.0 Å². The monoisotopic (exact) mass is 1190 g/mol. The van der Waals surface area contributed by atoms with Crippen LogP contribution in [0, 0.1) is 0 Å². The van der Waals surface area contributed by atoms with Crippen LogP contribution in [0.25, 0.3) is 17.9 Å². The zero-order chi connectivity index (χ0) is 60.8. The SMILES string of the molecule is COc1cc(C=CC(=O)OCC2OC(OC3C(OC4=C(c5ccc(O)c(O)c5)OC5C=C(O)C=C(OC6OC(CO)C(O)C(O)C6O)C5=C4)OC(COC(=O)C=Cc4cc(OC)c(O)c(OC)c4)C(O)C3O)C(O)C(O)C2O)cc(OC)c1O. The minimum absolute atomic E-state index is 0.00911. The smallest absolute Gasteiger partial charge is 0.330 e. The van der Waals surface area contributed by atoms with Crippen LogP contribution in [0.2, 0.25) is 0 Å². The molecule has 4 heterocycles. The molecule has 29 heteroatoms. The molecule has 8 rings (SSSR count). The number of benzene rings is 3. The molecule has 29 nitrogen and oxygen atoms in total. The number of methoxy groups -OCH3 is 4. The van der Waals surface area contributed by atoms with Crippen LogP contribution in [0.4, 0.5) is 0 Å². The van der Waals surface area contributed by atoms with Crippen molar-refractivity contribution in [2.75, 3.05) is 48.3 Å². The summed E-state index contributed by atoms with van der Waals surface area (Å²) in [6.45, 7) is -2.46. The lowest BCUT2D eigenvalue weighted by molar-refractivity contribution is -0.363. The highest BCUT2D eigenvalue weighted by Crippen LogP contribution is 2.43. The molecule has 14 N–H and O–H groups in total. The number of allylic oxidation sites excluding steroid dienone is 2. The molecule has 0 aromatic heterocycles. The van der Waals surface area contributed by atoms with E-state index in [0.29, 0.717) is 11.1 Å². The average molecular weight is 1190 g/mol. The first kappa shape index (κ1) is 62.2. The van der Waals surface area contributed by atoms with Crippen LogP contribution in [0.5, 0.6) is 46.0 Å². The Balaban J connectivity index is 1.11. The summed E-state index contributed by atoms with van der Waals surface area (Å²) in [5.41, 5.74) is 0.538. The molecule has 16 unspecified atom stereocenters. The first-order valence-electron chi connectivity index (χ1n) is 25.5. The summed E-state index contributed by atoms with van der Waals surface area (Å²) in [7, 11) is 5.18. The molecule has 1 aliphatic carbocycles. The molecule has 4 aliphatic heterocycles. The molecule has 3 fully saturated rings. The first-order chi connectivity index (χ1) is 40.1. The Morgan fingerprint density at radius 1 is 0.548 bits per heavy atom. The Morgan fingerprint density at radius 3 is 1.55 bits per heavy atom. The molecule has 456 valence electrons. The zero-order valence-corrected chi connectivity index (χ0v) is 44.8. The van der Waals surface area contributed by atoms with Crippen LogP contribution in [0.3, 0.4) is 0 Å². The first-order valence-corrected chi connectivity index (χ1v) is 25.5. The molecule has 0 radical (unpaired) electrons. The number of fused-ring (bicyclic) bond motifs is 1. The third-order valence-corrected chi connectivity index (χ3v) is 13.7. The van der Waals surface area contributed by atoms with E-state index in [4.69, 9.17) is 61.6 Å². The molecule has 0 spiro atoms. The normalized spacial score (nSPS) is 30.5. The molecule has 0 saturated carbocycles. The Hall–Kier alpha value is -7.88. The van der Waals surface area contributed by atoms with Gasteiger partial charge < -0.3 is 133 Å². The Bertz CT molecular complexity index is 3010. The Labute approximate surface area is 476 Å². The molecular weight excluding hydrogens is 1120 g/mol. The number of aliphatic hydroxyl groups is 10. The maximum atomic E-state index is 13.2. The highest BCUT2D eigenvalue weighted by atomic mass is 16.8. The number of rotatable bonds is 20. The van der Waals surface area contributed by atoms with E-state index in [9.17, 15) is 81.1 Å². The number of phenols is 4. The summed E-state index contributed by atoms with van der Waals surface area (Å²) in [5.74, 6) is -5.40. The minimum atomic E-state index is -2.19. The number of aromatic hydroxyl groups is 4. The van der Waals surface area contributed by atoms with Crippen LogP contribution in [0.1, 0.15) is 16.7 Å². The third-order valence-electron chi connectivity index (χ3n) is 13.7. The van der Waals surface area contributed by atoms with Gasteiger partial charge in [0, 0.05) is 35.4 Å². The summed E-state index contributed by atoms with van der Waals surface area (Å²) in [4.78, 5) is 26.2. The number of carbonyl (C=O) groups is 2. The largest absolute Gasteiger partial charge is 0.508 e. The van der Waals surface area contributed by atoms with E-state index >= 15 is 0 Å². The lowest BCUT2D eigenvalue weighted by Gasteiger charge is -2.46. The van der Waals surface area contributed by atoms with Crippen molar-refractivity contribution in [2.45, 2.75) is 98.2 Å². The van der Waals surface area contributed by atoms with E-state index in [1.165, 1.54) is 83.1 Å². The fraction of sp³-hybridized carbons (Fsp3) is 0.418. The van der Waals surface area contributed by atoms with Gasteiger partial charge >= 0.3 is 11.9 Å². The van der Waals surface area contributed by atoms with Gasteiger partial charge in [0.25, 0.3) is 0 Å². The summed E-state index contributed by atoms with van der Waals surface area (Å²) in [6.07, 6.45) is -22.4. The minimum Gasteiger partial charge on any atom is -0.508 e. The molecule has 3 saturated heterocycles. The Kier molecular flexibility index (Phi) is 19.8. The van der Waals surface area contributed by atoms with Crippen molar-refractivity contribution < 1.29 is 143 Å². The summed E-state index contributed by atoms with van der Waals surface area (Å²) in [6, 6.07) is 8.91. The second-order valence-electron chi connectivity index (χ2n) is 19.2. The quantitative estimate of drug-likeness (QED) is 0.0361. The molecule has 5 aliphatic rings. The van der Waals surface area contributed by atoms with Crippen LogP contribution in [-0.4, -0.2) is 230 Å². The van der Waals surface area contributed by atoms with Gasteiger partial charge in [0.2, 0.25) is 24.1 Å². The van der Waals surface area contributed by atoms with Crippen molar-refractivity contribution in [1.82, 2.24) is 0 Å². The van der Waals surface area contributed by atoms with Gasteiger partial charge in [-0.15, -0.1) is 0 Å². The van der Waals surface area contributed by atoms with E-state index < -0.39 is 153 Å². The second kappa shape index (κ2) is 26.8. The molecule has 16 atom stereocenters. The van der Waals surface area contributed by atoms with Crippen LogP contribution < -0.4 is 18.9 Å². The predicted molar refractivity (Wildman–Crippen MR) is 279 cm³/mol. The van der Waals surface area contributed by atoms with Crippen LogP contribution in [0.15, 0.2) is 95.7 Å². The maximum Gasteiger partial charge on any atom is 0.330 e. The standard InChI is InChI=1S/C55H62O29/c1-72-31-11-22(12-32(73-2)41(31)62)5-9-39(60)76-20-37-44(65)47(68)50(71)54(82-37)84-52-48(69)45(66)38(21-77-40(61)10-6-23-13-33(74-3)42(63)34(14-23)75-4)83-55(52)80-35-18-26-29(78-51(35)24-7-8-27(58)28(59)15-24)16-25(57)17-30(26)79-53-49(70)46(67)43(64)36(19-56)81-53/h5-18,29,36-38,43-50,52-59,62-71H,19-21H2,1-4H3. The van der Waals surface area contributed by atoms with E-state index in [2.05, 4.69) is 0 Å². The van der Waals surface area contributed by atoms with Crippen LogP contribution in [-0.2, 0) is 52.2 Å². The number of aliphatic hydroxyl groups excluding tert-OH is 10.